The molecule has 0 aliphatic carbocycles. The highest BCUT2D eigenvalue weighted by molar-refractivity contribution is 6.38. The molecule has 0 radical (unpaired) electrons. The number of likely N-dealkylation sites (tertiary alicyclic amines) is 1. The van der Waals surface area contributed by atoms with Gasteiger partial charge in [-0.15, -0.1) is 0 Å². The summed E-state index contributed by atoms with van der Waals surface area (Å²) in [5, 5.41) is 4.22. The van der Waals surface area contributed by atoms with E-state index in [1.165, 1.54) is 0 Å². The van der Waals surface area contributed by atoms with Crippen molar-refractivity contribution in [2.75, 3.05) is 19.6 Å². The number of amides is 1. The summed E-state index contributed by atoms with van der Waals surface area (Å²) in [4.78, 5) is 17.6. The minimum Gasteiger partial charge on any atom is -0.324 e. The van der Waals surface area contributed by atoms with Crippen LogP contribution < -0.4 is 0 Å². The average molecular weight is 305 g/mol. The maximum absolute atomic E-state index is 12.9. The lowest BCUT2D eigenvalue weighted by Gasteiger charge is -2.37. The van der Waals surface area contributed by atoms with Crippen molar-refractivity contribution in [2.45, 2.75) is 24.4 Å². The number of hydrogen-bond acceptors (Lipinski definition) is 3. The van der Waals surface area contributed by atoms with Gasteiger partial charge in [-0.05, 0) is 5.56 Å². The van der Waals surface area contributed by atoms with Gasteiger partial charge in [0.05, 0.1) is 19.0 Å². The Bertz CT molecular complexity index is 678. The van der Waals surface area contributed by atoms with Gasteiger partial charge in [-0.3, -0.25) is 4.79 Å². The molecule has 114 valence electrons. The number of carbonyl (C=O) groups excluding carboxylic acids is 1. The van der Waals surface area contributed by atoms with E-state index in [1.54, 1.807) is 4.70 Å². The number of aliphatic imine (C=N–C) groups is 1. The van der Waals surface area contributed by atoms with Crippen molar-refractivity contribution in [3.8, 4) is 0 Å². The van der Waals surface area contributed by atoms with E-state index in [1.807, 2.05) is 30.3 Å². The van der Waals surface area contributed by atoms with E-state index in [0.29, 0.717) is 0 Å². The second-order valence-corrected chi connectivity index (χ2v) is 5.95. The van der Waals surface area contributed by atoms with E-state index in [-0.39, 0.29) is 17.9 Å². The molecule has 3 aliphatic rings. The Labute approximate surface area is 126 Å². The van der Waals surface area contributed by atoms with Crippen LogP contribution in [-0.4, -0.2) is 53.1 Å². The van der Waals surface area contributed by atoms with E-state index in [4.69, 9.17) is 0 Å². The summed E-state index contributed by atoms with van der Waals surface area (Å²) in [6.45, 7) is -0.346. The van der Waals surface area contributed by atoms with Crippen molar-refractivity contribution in [3.05, 3.63) is 35.9 Å². The van der Waals surface area contributed by atoms with E-state index in [2.05, 4.69) is 10.1 Å². The number of rotatable bonds is 2. The summed E-state index contributed by atoms with van der Waals surface area (Å²) in [5.74, 6) is -3.02. The zero-order valence-electron chi connectivity index (χ0n) is 11.8. The van der Waals surface area contributed by atoms with Gasteiger partial charge in [-0.2, -0.15) is 4.99 Å². The fourth-order valence-electron chi connectivity index (χ4n) is 3.23. The Morgan fingerprint density at radius 2 is 2.00 bits per heavy atom. The Morgan fingerprint density at radius 1 is 1.27 bits per heavy atom. The Hall–Kier alpha value is -2.18. The fraction of sp³-hybridized carbons (Fsp3) is 0.467. The standard InChI is InChI=1S/C15H15F2N4O/c16-15(17)8-20(9-15)14(22)12-18-13-11(6-7-21(13)19-12)10-4-2-1-3-5-10/h1-5,11,13H,6-9H2/q+1/t11-,13?/m0/s1. The zero-order valence-corrected chi connectivity index (χ0v) is 11.8. The summed E-state index contributed by atoms with van der Waals surface area (Å²) in [5.41, 5.74) is 1.16. The van der Waals surface area contributed by atoms with Gasteiger partial charge in [0.1, 0.15) is 0 Å². The van der Waals surface area contributed by atoms with Gasteiger partial charge in [0.2, 0.25) is 0 Å². The summed E-state index contributed by atoms with van der Waals surface area (Å²) >= 11 is 0. The molecule has 1 unspecified atom stereocenters. The van der Waals surface area contributed by atoms with Crippen molar-refractivity contribution in [2.24, 2.45) is 10.1 Å². The molecular weight excluding hydrogens is 290 g/mol. The largest absolute Gasteiger partial charge is 0.324 e. The van der Waals surface area contributed by atoms with Crippen LogP contribution >= 0.6 is 0 Å². The molecule has 7 heteroatoms. The van der Waals surface area contributed by atoms with Crippen LogP contribution in [0.2, 0.25) is 0 Å². The first kappa shape index (κ1) is 13.5. The molecule has 2 atom stereocenters. The molecule has 3 heterocycles. The molecule has 0 saturated carbocycles. The van der Waals surface area contributed by atoms with Crippen LogP contribution in [0, 0.1) is 0 Å². The topological polar surface area (TPSA) is 48.0 Å². The molecule has 0 bridgehead atoms. The normalized spacial score (nSPS) is 28.7. The first-order valence-corrected chi connectivity index (χ1v) is 7.32. The molecule has 0 spiro atoms. The van der Waals surface area contributed by atoms with E-state index >= 15 is 0 Å². The number of azo groups is 2. The molecule has 1 amide bonds. The Kier molecular flexibility index (Phi) is 2.85. The lowest BCUT2D eigenvalue weighted by atomic mass is 9.96. The van der Waals surface area contributed by atoms with Gasteiger partial charge in [-0.25, -0.2) is 8.78 Å². The molecule has 0 N–H and O–H groups in total. The molecule has 0 aromatic heterocycles. The smallest absolute Gasteiger partial charge is 0.298 e. The third kappa shape index (κ3) is 2.12. The third-order valence-electron chi connectivity index (χ3n) is 4.36. The van der Waals surface area contributed by atoms with Crippen LogP contribution in [0.25, 0.3) is 0 Å². The highest BCUT2D eigenvalue weighted by Gasteiger charge is 2.51. The summed E-state index contributed by atoms with van der Waals surface area (Å²) in [6.07, 6.45) is 0.730. The number of fused-ring (bicyclic) bond motifs is 1. The van der Waals surface area contributed by atoms with E-state index in [0.717, 1.165) is 23.4 Å². The zero-order chi connectivity index (χ0) is 15.3. The maximum atomic E-state index is 12.9. The molecule has 3 aliphatic heterocycles. The number of alkyl halides is 2. The molecule has 1 aromatic rings. The van der Waals surface area contributed by atoms with Crippen molar-refractivity contribution < 1.29 is 18.3 Å². The van der Waals surface area contributed by atoms with Gasteiger partial charge < -0.3 is 4.90 Å². The van der Waals surface area contributed by atoms with Gasteiger partial charge in [-0.1, -0.05) is 35.0 Å². The van der Waals surface area contributed by atoms with E-state index in [9.17, 15) is 13.6 Å². The van der Waals surface area contributed by atoms with Crippen LogP contribution in [0.1, 0.15) is 17.9 Å². The first-order chi connectivity index (χ1) is 10.5. The number of hydrogen-bond donors (Lipinski definition) is 0. The molecular formula is C15H15F2N4O+. The van der Waals surface area contributed by atoms with Crippen LogP contribution in [0.4, 0.5) is 8.78 Å². The number of carbonyl (C=O) groups is 1. The monoisotopic (exact) mass is 305 g/mol. The molecule has 2 saturated heterocycles. The number of amidine groups is 1. The Morgan fingerprint density at radius 3 is 2.68 bits per heavy atom. The minimum atomic E-state index is -2.77. The van der Waals surface area contributed by atoms with Crippen molar-refractivity contribution >= 4 is 11.7 Å². The van der Waals surface area contributed by atoms with Crippen molar-refractivity contribution in [1.82, 2.24) is 4.90 Å². The van der Waals surface area contributed by atoms with Crippen LogP contribution in [0.5, 0.6) is 0 Å². The second kappa shape index (κ2) is 4.66. The molecule has 22 heavy (non-hydrogen) atoms. The van der Waals surface area contributed by atoms with Crippen LogP contribution in [0.3, 0.4) is 0 Å². The highest BCUT2D eigenvalue weighted by atomic mass is 19.3. The number of halogens is 2. The third-order valence-corrected chi connectivity index (χ3v) is 4.36. The van der Waals surface area contributed by atoms with Crippen molar-refractivity contribution in [1.29, 1.82) is 0 Å². The molecule has 5 nitrogen and oxygen atoms in total. The molecule has 4 rings (SSSR count). The lowest BCUT2D eigenvalue weighted by molar-refractivity contribution is -0.596. The van der Waals surface area contributed by atoms with Gasteiger partial charge in [0.15, 0.2) is 6.54 Å². The second-order valence-electron chi connectivity index (χ2n) is 5.95. The quantitative estimate of drug-likeness (QED) is 0.769. The van der Waals surface area contributed by atoms with Crippen molar-refractivity contribution in [3.63, 3.8) is 0 Å². The summed E-state index contributed by atoms with van der Waals surface area (Å²) in [6, 6.07) is 9.99. The van der Waals surface area contributed by atoms with E-state index < -0.39 is 24.9 Å². The first-order valence-electron chi connectivity index (χ1n) is 7.32. The highest BCUT2D eigenvalue weighted by Crippen LogP contribution is 2.35. The van der Waals surface area contributed by atoms with Crippen LogP contribution in [-0.2, 0) is 4.79 Å². The van der Waals surface area contributed by atoms with Gasteiger partial charge >= 0.3 is 0 Å². The number of benzene rings is 1. The predicted octanol–water partition coefficient (Wildman–Crippen LogP) is 1.85. The summed E-state index contributed by atoms with van der Waals surface area (Å²) in [7, 11) is 0. The fourth-order valence-corrected chi connectivity index (χ4v) is 3.23. The lowest BCUT2D eigenvalue weighted by Crippen LogP contribution is -2.59. The SMILES string of the molecule is O=C(C1=NC2[C@H](c3ccccc3)CC[N+]2=N1)N1CC(F)(F)C1. The predicted molar refractivity (Wildman–Crippen MR) is 74.1 cm³/mol. The Balaban J connectivity index is 1.53. The number of nitrogens with zero attached hydrogens (tertiary/aromatic N) is 4. The van der Waals surface area contributed by atoms with Crippen LogP contribution in [0.15, 0.2) is 40.4 Å². The molecule has 1 aromatic carbocycles. The average Bonchev–Trinajstić information content (AvgIpc) is 3.04. The van der Waals surface area contributed by atoms with Gasteiger partial charge in [0.25, 0.3) is 23.8 Å². The molecule has 2 fully saturated rings. The summed E-state index contributed by atoms with van der Waals surface area (Å²) < 4.78 is 27.5. The van der Waals surface area contributed by atoms with Gasteiger partial charge in [0, 0.05) is 11.5 Å². The minimum absolute atomic E-state index is 0.0566. The maximum Gasteiger partial charge on any atom is 0.298 e.